The van der Waals surface area contributed by atoms with Crippen LogP contribution in [0.15, 0.2) is 60.7 Å². The zero-order valence-electron chi connectivity index (χ0n) is 20.0. The van der Waals surface area contributed by atoms with Crippen LogP contribution in [0.3, 0.4) is 0 Å². The molecular formula is C26H33ClFN5O. The summed E-state index contributed by atoms with van der Waals surface area (Å²) in [6.07, 6.45) is 3.50. The molecule has 2 aromatic rings. The molecule has 1 amide bonds. The molecule has 182 valence electrons. The second-order valence-electron chi connectivity index (χ2n) is 9.07. The normalized spacial score (nSPS) is 17.9. The summed E-state index contributed by atoms with van der Waals surface area (Å²) in [4.78, 5) is 21.9. The van der Waals surface area contributed by atoms with Crippen molar-refractivity contribution in [1.82, 2.24) is 19.3 Å². The van der Waals surface area contributed by atoms with Gasteiger partial charge in [-0.3, -0.25) is 9.69 Å². The highest BCUT2D eigenvalue weighted by Crippen LogP contribution is 2.26. The van der Waals surface area contributed by atoms with Gasteiger partial charge < -0.3 is 19.3 Å². The van der Waals surface area contributed by atoms with Gasteiger partial charge in [-0.05, 0) is 36.8 Å². The summed E-state index contributed by atoms with van der Waals surface area (Å²) in [7, 11) is 1.93. The number of amides is 1. The van der Waals surface area contributed by atoms with Gasteiger partial charge in [-0.15, -0.1) is 0 Å². The van der Waals surface area contributed by atoms with Crippen molar-refractivity contribution in [2.45, 2.75) is 13.5 Å². The van der Waals surface area contributed by atoms with Crippen LogP contribution in [-0.2, 0) is 13.6 Å². The van der Waals surface area contributed by atoms with Gasteiger partial charge in [0.25, 0.3) is 5.91 Å². The van der Waals surface area contributed by atoms with Crippen molar-refractivity contribution in [1.29, 1.82) is 0 Å². The van der Waals surface area contributed by atoms with Gasteiger partial charge in [0.05, 0.1) is 10.7 Å². The van der Waals surface area contributed by atoms with E-state index in [0.717, 1.165) is 54.7 Å². The molecule has 34 heavy (non-hydrogen) atoms. The molecule has 0 aliphatic carbocycles. The van der Waals surface area contributed by atoms with Crippen LogP contribution in [-0.4, -0.2) is 77.5 Å². The number of nitrogens with zero attached hydrogens (tertiary/aromatic N) is 5. The van der Waals surface area contributed by atoms with Crippen LogP contribution in [0, 0.1) is 0 Å². The minimum absolute atomic E-state index is 0.0495. The fourth-order valence-electron chi connectivity index (χ4n) is 4.79. The number of halogens is 2. The third-order valence-corrected chi connectivity index (χ3v) is 7.00. The molecule has 1 aromatic carbocycles. The molecule has 2 aliphatic heterocycles. The second kappa shape index (κ2) is 10.7. The van der Waals surface area contributed by atoms with Crippen LogP contribution in [0.1, 0.15) is 23.0 Å². The van der Waals surface area contributed by atoms with Crippen molar-refractivity contribution < 1.29 is 9.18 Å². The van der Waals surface area contributed by atoms with Crippen LogP contribution in [0.25, 0.3) is 0 Å². The Labute approximate surface area is 206 Å². The number of rotatable bonds is 6. The highest BCUT2D eigenvalue weighted by Gasteiger charge is 2.25. The van der Waals surface area contributed by atoms with Gasteiger partial charge in [-0.25, -0.2) is 4.39 Å². The molecule has 0 N–H and O–H groups in total. The average molecular weight is 486 g/mol. The van der Waals surface area contributed by atoms with Crippen molar-refractivity contribution in [3.63, 3.8) is 0 Å². The van der Waals surface area contributed by atoms with Crippen LogP contribution in [0.4, 0.5) is 10.1 Å². The fraction of sp³-hybridized carbons (Fsp3) is 0.423. The summed E-state index contributed by atoms with van der Waals surface area (Å²) < 4.78 is 15.0. The zero-order chi connectivity index (χ0) is 24.2. The van der Waals surface area contributed by atoms with E-state index in [4.69, 9.17) is 11.6 Å². The molecule has 6 nitrogen and oxygen atoms in total. The summed E-state index contributed by atoms with van der Waals surface area (Å²) in [6, 6.07) is 10.0. The van der Waals surface area contributed by atoms with E-state index >= 15 is 0 Å². The SMILES string of the molecule is C=C(F)/C=C(\C)N1CCN(C(=O)c2cc(CN3CCN(c4ccccc4Cl)CC3)cn2C)CC1. The Morgan fingerprint density at radius 1 is 1.06 bits per heavy atom. The number of allylic oxidation sites excluding steroid dienone is 3. The molecule has 0 unspecified atom stereocenters. The molecule has 0 radical (unpaired) electrons. The van der Waals surface area contributed by atoms with E-state index in [9.17, 15) is 9.18 Å². The van der Waals surface area contributed by atoms with E-state index in [1.54, 1.807) is 0 Å². The molecule has 2 aliphatic rings. The van der Waals surface area contributed by atoms with E-state index in [2.05, 4.69) is 33.5 Å². The number of aromatic nitrogens is 1. The first-order valence-electron chi connectivity index (χ1n) is 11.8. The Kier molecular flexibility index (Phi) is 7.63. The van der Waals surface area contributed by atoms with Crippen molar-refractivity contribution in [2.24, 2.45) is 7.05 Å². The summed E-state index contributed by atoms with van der Waals surface area (Å²) in [6.45, 7) is 12.4. The summed E-state index contributed by atoms with van der Waals surface area (Å²) in [5.74, 6) is -0.397. The lowest BCUT2D eigenvalue weighted by Crippen LogP contribution is -2.48. The van der Waals surface area contributed by atoms with Crippen LogP contribution < -0.4 is 4.90 Å². The number of hydrogen-bond donors (Lipinski definition) is 0. The third-order valence-electron chi connectivity index (χ3n) is 6.68. The maximum Gasteiger partial charge on any atom is 0.270 e. The Morgan fingerprint density at radius 3 is 2.35 bits per heavy atom. The molecule has 0 atom stereocenters. The van der Waals surface area contributed by atoms with Gasteiger partial charge in [0.1, 0.15) is 11.5 Å². The van der Waals surface area contributed by atoms with E-state index in [-0.39, 0.29) is 5.91 Å². The van der Waals surface area contributed by atoms with Crippen molar-refractivity contribution in [3.8, 4) is 0 Å². The molecule has 2 saturated heterocycles. The molecule has 4 rings (SSSR count). The highest BCUT2D eigenvalue weighted by molar-refractivity contribution is 6.33. The van der Waals surface area contributed by atoms with E-state index < -0.39 is 5.83 Å². The Balaban J connectivity index is 1.31. The third kappa shape index (κ3) is 5.65. The number of carbonyl (C=O) groups excluding carboxylic acids is 1. The Morgan fingerprint density at radius 2 is 1.71 bits per heavy atom. The summed E-state index contributed by atoms with van der Waals surface area (Å²) in [5, 5.41) is 0.794. The smallest absolute Gasteiger partial charge is 0.270 e. The average Bonchev–Trinajstić information content (AvgIpc) is 3.19. The van der Waals surface area contributed by atoms with E-state index in [1.165, 1.54) is 6.08 Å². The Hall–Kier alpha value is -2.77. The topological polar surface area (TPSA) is 35.0 Å². The van der Waals surface area contributed by atoms with Gasteiger partial charge in [0.2, 0.25) is 0 Å². The fourth-order valence-corrected chi connectivity index (χ4v) is 5.04. The minimum atomic E-state index is -0.447. The first-order valence-corrected chi connectivity index (χ1v) is 12.1. The number of hydrogen-bond acceptors (Lipinski definition) is 4. The summed E-state index contributed by atoms with van der Waals surface area (Å²) in [5.41, 5.74) is 3.80. The predicted octanol–water partition coefficient (Wildman–Crippen LogP) is 4.15. The first-order chi connectivity index (χ1) is 16.3. The predicted molar refractivity (Wildman–Crippen MR) is 136 cm³/mol. The van der Waals surface area contributed by atoms with Crippen molar-refractivity contribution in [3.05, 3.63) is 77.0 Å². The number of aryl methyl sites for hydroxylation is 1. The van der Waals surface area contributed by atoms with Gasteiger partial charge in [0.15, 0.2) is 0 Å². The van der Waals surface area contributed by atoms with Gasteiger partial charge >= 0.3 is 0 Å². The lowest BCUT2D eigenvalue weighted by Gasteiger charge is -2.36. The number of piperazine rings is 2. The monoisotopic (exact) mass is 485 g/mol. The lowest BCUT2D eigenvalue weighted by atomic mass is 10.2. The number of para-hydroxylation sites is 1. The zero-order valence-corrected chi connectivity index (χ0v) is 20.8. The van der Waals surface area contributed by atoms with Crippen LogP contribution >= 0.6 is 11.6 Å². The number of benzene rings is 1. The van der Waals surface area contributed by atoms with Gasteiger partial charge in [-0.2, -0.15) is 0 Å². The maximum atomic E-state index is 13.2. The molecule has 8 heteroatoms. The largest absolute Gasteiger partial charge is 0.371 e. The van der Waals surface area contributed by atoms with Gasteiger partial charge in [-0.1, -0.05) is 30.3 Å². The molecule has 2 fully saturated rings. The second-order valence-corrected chi connectivity index (χ2v) is 9.48. The first kappa shape index (κ1) is 24.4. The lowest BCUT2D eigenvalue weighted by molar-refractivity contribution is 0.0660. The highest BCUT2D eigenvalue weighted by atomic mass is 35.5. The number of carbonyl (C=O) groups is 1. The minimum Gasteiger partial charge on any atom is -0.371 e. The molecule has 0 spiro atoms. The van der Waals surface area contributed by atoms with E-state index in [1.807, 2.05) is 47.7 Å². The molecular weight excluding hydrogens is 453 g/mol. The van der Waals surface area contributed by atoms with Crippen molar-refractivity contribution >= 4 is 23.2 Å². The van der Waals surface area contributed by atoms with Crippen molar-refractivity contribution in [2.75, 3.05) is 57.3 Å². The Bertz CT molecular complexity index is 1060. The van der Waals surface area contributed by atoms with E-state index in [0.29, 0.717) is 31.9 Å². The molecule has 0 saturated carbocycles. The maximum absolute atomic E-state index is 13.2. The van der Waals surface area contributed by atoms with Crippen LogP contribution in [0.5, 0.6) is 0 Å². The quantitative estimate of drug-likeness (QED) is 0.576. The van der Waals surface area contributed by atoms with Gasteiger partial charge in [0, 0.05) is 77.8 Å². The van der Waals surface area contributed by atoms with Crippen LogP contribution in [0.2, 0.25) is 5.02 Å². The standard InChI is InChI=1S/C26H33ClFN5O/c1-20(28)16-21(2)31-12-14-33(15-13-31)26(34)25-17-22(18-29(25)3)19-30-8-10-32(11-9-30)24-7-5-4-6-23(24)27/h4-7,16-18H,1,8-15,19H2,2-3H3/b21-16+. The molecule has 1 aromatic heterocycles. The molecule has 3 heterocycles. The summed E-state index contributed by atoms with van der Waals surface area (Å²) >= 11 is 6.36. The molecule has 0 bridgehead atoms. The number of anilines is 1.